The molecule has 0 heterocycles. The molecule has 1 fully saturated rings. The van der Waals surface area contributed by atoms with Crippen molar-refractivity contribution in [3.63, 3.8) is 0 Å². The third-order valence-corrected chi connectivity index (χ3v) is 5.16. The van der Waals surface area contributed by atoms with Gasteiger partial charge in [-0.1, -0.05) is 41.5 Å². The Morgan fingerprint density at radius 2 is 1.30 bits per heavy atom. The van der Waals surface area contributed by atoms with Crippen LogP contribution in [0.15, 0.2) is 53.6 Å². The summed E-state index contributed by atoms with van der Waals surface area (Å²) < 4.78 is 0. The lowest BCUT2D eigenvalue weighted by Gasteiger charge is -2.34. The van der Waals surface area contributed by atoms with Crippen LogP contribution in [-0.4, -0.2) is 28.2 Å². The van der Waals surface area contributed by atoms with Gasteiger partial charge in [-0.2, -0.15) is 0 Å². The zero-order chi connectivity index (χ0) is 19.4. The lowest BCUT2D eigenvalue weighted by Crippen LogP contribution is -2.25. The van der Waals surface area contributed by atoms with E-state index in [9.17, 15) is 19.8 Å². The molecule has 0 unspecified atom stereocenters. The summed E-state index contributed by atoms with van der Waals surface area (Å²) in [5.74, 6) is -2.26. The van der Waals surface area contributed by atoms with Gasteiger partial charge in [-0.25, -0.2) is 9.59 Å². The van der Waals surface area contributed by atoms with Crippen LogP contribution in [0.1, 0.15) is 62.9 Å². The van der Waals surface area contributed by atoms with Gasteiger partial charge in [0, 0.05) is 11.0 Å². The first-order valence-corrected chi connectivity index (χ1v) is 8.70. The van der Waals surface area contributed by atoms with E-state index in [1.807, 2.05) is 0 Å². The fourth-order valence-corrected chi connectivity index (χ4v) is 4.06. The lowest BCUT2D eigenvalue weighted by atomic mass is 9.71. The van der Waals surface area contributed by atoms with Gasteiger partial charge in [0.05, 0.1) is 11.1 Å². The zero-order valence-electron chi connectivity index (χ0n) is 14.5. The highest BCUT2D eigenvalue weighted by atomic mass is 16.4. The monoisotopic (exact) mass is 365 g/mol. The van der Waals surface area contributed by atoms with Crippen molar-refractivity contribution < 1.29 is 19.8 Å². The fraction of sp³-hybridized carbons (Fsp3) is 0.300. The highest BCUT2D eigenvalue weighted by Crippen LogP contribution is 2.44. The minimum atomic E-state index is -1.00. The van der Waals surface area contributed by atoms with E-state index in [0.29, 0.717) is 30.4 Å². The molecule has 2 N–H and O–H groups in total. The van der Waals surface area contributed by atoms with Gasteiger partial charge in [0.2, 0.25) is 0 Å². The summed E-state index contributed by atoms with van der Waals surface area (Å²) in [6.07, 6.45) is 1.69. The first kappa shape index (κ1) is 18.5. The summed E-state index contributed by atoms with van der Waals surface area (Å²) in [7, 11) is 0. The molecule has 27 heavy (non-hydrogen) atoms. The Morgan fingerprint density at radius 3 is 1.70 bits per heavy atom. The summed E-state index contributed by atoms with van der Waals surface area (Å²) in [6, 6.07) is 13.3. The minimum absolute atomic E-state index is 0.131. The number of rotatable bonds is 5. The molecule has 7 nitrogen and oxygen atoms in total. The molecule has 2 aromatic carbocycles. The van der Waals surface area contributed by atoms with E-state index in [4.69, 9.17) is 5.53 Å². The molecule has 0 bridgehead atoms. The van der Waals surface area contributed by atoms with E-state index in [2.05, 4.69) is 10.0 Å². The third-order valence-electron chi connectivity index (χ3n) is 5.16. The van der Waals surface area contributed by atoms with Gasteiger partial charge in [0.15, 0.2) is 0 Å². The average Bonchev–Trinajstić information content (AvgIpc) is 2.68. The smallest absolute Gasteiger partial charge is 0.335 e. The summed E-state index contributed by atoms with van der Waals surface area (Å²) in [5, 5.41) is 22.9. The number of hydrogen-bond acceptors (Lipinski definition) is 3. The second-order valence-electron chi connectivity index (χ2n) is 6.74. The first-order chi connectivity index (χ1) is 13.0. The van der Waals surface area contributed by atoms with Crippen molar-refractivity contribution in [2.24, 2.45) is 5.11 Å². The van der Waals surface area contributed by atoms with Crippen molar-refractivity contribution in [1.82, 2.24) is 0 Å². The molecule has 0 amide bonds. The van der Waals surface area contributed by atoms with E-state index < -0.39 is 11.9 Å². The van der Waals surface area contributed by atoms with Crippen LogP contribution in [0.3, 0.4) is 0 Å². The van der Waals surface area contributed by atoms with Gasteiger partial charge < -0.3 is 10.2 Å². The highest BCUT2D eigenvalue weighted by molar-refractivity contribution is 5.90. The molecular weight excluding hydrogens is 346 g/mol. The Morgan fingerprint density at radius 1 is 0.852 bits per heavy atom. The molecule has 0 aliphatic heterocycles. The summed E-state index contributed by atoms with van der Waals surface area (Å²) in [4.78, 5) is 26.1. The van der Waals surface area contributed by atoms with Crippen molar-refractivity contribution in [2.45, 2.75) is 37.1 Å². The predicted octanol–water partition coefficient (Wildman–Crippen LogP) is 4.81. The van der Waals surface area contributed by atoms with E-state index in [1.54, 1.807) is 48.5 Å². The lowest BCUT2D eigenvalue weighted by molar-refractivity contribution is 0.0685. The van der Waals surface area contributed by atoms with E-state index in [0.717, 1.165) is 0 Å². The van der Waals surface area contributed by atoms with Crippen LogP contribution in [0.5, 0.6) is 0 Å². The van der Waals surface area contributed by atoms with Gasteiger partial charge in [-0.3, -0.25) is 0 Å². The van der Waals surface area contributed by atoms with Crippen molar-refractivity contribution in [3.8, 4) is 0 Å². The third kappa shape index (κ3) is 3.93. The van der Waals surface area contributed by atoms with Crippen LogP contribution in [0.2, 0.25) is 0 Å². The van der Waals surface area contributed by atoms with Crippen molar-refractivity contribution >= 4 is 11.9 Å². The number of benzene rings is 2. The maximum Gasteiger partial charge on any atom is 0.335 e. The molecule has 7 heteroatoms. The summed E-state index contributed by atoms with van der Waals surface area (Å²) in [6.45, 7) is 0. The van der Waals surface area contributed by atoms with Crippen molar-refractivity contribution in [2.75, 3.05) is 0 Å². The molecule has 1 aliphatic carbocycles. The number of carboxylic acids is 2. The Bertz CT molecular complexity index is 855. The van der Waals surface area contributed by atoms with Crippen LogP contribution >= 0.6 is 0 Å². The Hall–Kier alpha value is -3.31. The SMILES string of the molecule is [N-]=[N+]=NC1C[C@H](c2ccccc2C(=O)O)C[C@@H](c2ccccc2C(=O)O)C1. The molecular formula is C20H19N3O4. The van der Waals surface area contributed by atoms with Crippen LogP contribution in [-0.2, 0) is 0 Å². The number of aromatic carboxylic acids is 2. The maximum absolute atomic E-state index is 11.6. The van der Waals surface area contributed by atoms with Crippen LogP contribution in [0.4, 0.5) is 0 Å². The molecule has 2 atom stereocenters. The molecule has 138 valence electrons. The average molecular weight is 365 g/mol. The fourth-order valence-electron chi connectivity index (χ4n) is 4.06. The van der Waals surface area contributed by atoms with Crippen LogP contribution < -0.4 is 0 Å². The molecule has 0 spiro atoms. The molecule has 1 aliphatic rings. The molecule has 1 saturated carbocycles. The quantitative estimate of drug-likeness (QED) is 0.448. The number of hydrogen-bond donors (Lipinski definition) is 2. The van der Waals surface area contributed by atoms with Crippen LogP contribution in [0, 0.1) is 0 Å². The zero-order valence-corrected chi connectivity index (χ0v) is 14.5. The molecule has 3 rings (SSSR count). The molecule has 0 radical (unpaired) electrons. The van der Waals surface area contributed by atoms with Crippen molar-refractivity contribution in [1.29, 1.82) is 0 Å². The second kappa shape index (κ2) is 7.93. The number of carbonyl (C=O) groups is 2. The van der Waals surface area contributed by atoms with Gasteiger partial charge in [-0.15, -0.1) is 0 Å². The van der Waals surface area contributed by atoms with E-state index >= 15 is 0 Å². The van der Waals surface area contributed by atoms with Gasteiger partial charge >= 0.3 is 11.9 Å². The standard InChI is InChI=1S/C20H19N3O4/c21-23-22-14-10-12(15-5-1-3-7-17(15)19(24)25)9-13(11-14)16-6-2-4-8-18(16)20(26)27/h1-8,12-14H,9-11H2,(H,24,25)(H,26,27)/t12-,13-/m1/s1. The highest BCUT2D eigenvalue weighted by Gasteiger charge is 2.33. The number of nitrogens with zero attached hydrogens (tertiary/aromatic N) is 3. The normalized spacial score (nSPS) is 21.9. The number of azide groups is 1. The summed E-state index contributed by atoms with van der Waals surface area (Å²) in [5.41, 5.74) is 10.7. The van der Waals surface area contributed by atoms with Gasteiger partial charge in [0.25, 0.3) is 0 Å². The second-order valence-corrected chi connectivity index (χ2v) is 6.74. The Balaban J connectivity index is 2.02. The molecule has 0 saturated heterocycles. The van der Waals surface area contributed by atoms with Gasteiger partial charge in [0.1, 0.15) is 0 Å². The topological polar surface area (TPSA) is 123 Å². The summed E-state index contributed by atoms with van der Waals surface area (Å²) >= 11 is 0. The largest absolute Gasteiger partial charge is 0.478 e. The predicted molar refractivity (Wildman–Crippen MR) is 99.1 cm³/mol. The Labute approximate surface area is 155 Å². The first-order valence-electron chi connectivity index (χ1n) is 8.70. The minimum Gasteiger partial charge on any atom is -0.478 e. The number of carboxylic acid groups (broad SMARTS) is 2. The molecule has 2 aromatic rings. The van der Waals surface area contributed by atoms with E-state index in [1.165, 1.54) is 0 Å². The van der Waals surface area contributed by atoms with E-state index in [-0.39, 0.29) is 29.0 Å². The molecule has 0 aromatic heterocycles. The van der Waals surface area contributed by atoms with Crippen LogP contribution in [0.25, 0.3) is 10.4 Å². The van der Waals surface area contributed by atoms with Crippen molar-refractivity contribution in [3.05, 3.63) is 81.2 Å². The Kier molecular flexibility index (Phi) is 5.43. The van der Waals surface area contributed by atoms with Gasteiger partial charge in [-0.05, 0) is 59.9 Å². The maximum atomic E-state index is 11.6.